The summed E-state index contributed by atoms with van der Waals surface area (Å²) >= 11 is 1.63. The molecule has 0 bridgehead atoms. The minimum absolute atomic E-state index is 0.113. The van der Waals surface area contributed by atoms with Gasteiger partial charge in [-0.15, -0.1) is 11.3 Å². The van der Waals surface area contributed by atoms with Crippen LogP contribution in [0.3, 0.4) is 0 Å². The highest BCUT2D eigenvalue weighted by Crippen LogP contribution is 2.40. The first-order valence-corrected chi connectivity index (χ1v) is 11.0. The zero-order valence-electron chi connectivity index (χ0n) is 17.4. The van der Waals surface area contributed by atoms with Crippen LogP contribution in [-0.4, -0.2) is 56.0 Å². The summed E-state index contributed by atoms with van der Waals surface area (Å²) in [6, 6.07) is 16.6. The number of nitrogens with zero attached hydrogens (tertiary/aromatic N) is 2. The fourth-order valence-corrected chi connectivity index (χ4v) is 5.42. The lowest BCUT2D eigenvalue weighted by Gasteiger charge is -2.18. The minimum atomic E-state index is 0.113. The Morgan fingerprint density at radius 2 is 1.93 bits per heavy atom. The largest absolute Gasteiger partial charge is 0.492 e. The molecule has 1 amide bonds. The number of aryl methyl sites for hydroxylation is 1. The number of thiophene rings is 1. The first-order valence-electron chi connectivity index (χ1n) is 10.2. The molecule has 4 nitrogen and oxygen atoms in total. The molecule has 1 atom stereocenters. The molecule has 1 aromatic heterocycles. The van der Waals surface area contributed by atoms with Crippen molar-refractivity contribution in [1.82, 2.24) is 9.80 Å². The van der Waals surface area contributed by atoms with E-state index < -0.39 is 0 Å². The van der Waals surface area contributed by atoms with Crippen molar-refractivity contribution in [2.75, 3.05) is 40.3 Å². The smallest absolute Gasteiger partial charge is 0.263 e. The van der Waals surface area contributed by atoms with E-state index in [1.165, 1.54) is 21.2 Å². The second kappa shape index (κ2) is 8.56. The van der Waals surface area contributed by atoms with Crippen LogP contribution in [0.4, 0.5) is 0 Å². The molecule has 2 aromatic carbocycles. The standard InChI is InChI=1S/C24H28N2O2S/c1-17-8-4-6-10-20(17)28-15-14-26-13-12-18(16-26)22-19-9-5-7-11-21(19)29-23(22)24(27)25(2)3/h4-11,18H,12-16H2,1-3H3/t18-/m0/s1. The molecule has 0 radical (unpaired) electrons. The number of hydrogen-bond donors (Lipinski definition) is 0. The van der Waals surface area contributed by atoms with Crippen molar-refractivity contribution in [3.8, 4) is 5.75 Å². The van der Waals surface area contributed by atoms with Crippen LogP contribution in [0.15, 0.2) is 48.5 Å². The molecule has 0 aliphatic carbocycles. The summed E-state index contributed by atoms with van der Waals surface area (Å²) < 4.78 is 7.19. The normalized spacial score (nSPS) is 17.0. The van der Waals surface area contributed by atoms with E-state index in [-0.39, 0.29) is 5.91 Å². The van der Waals surface area contributed by atoms with Gasteiger partial charge < -0.3 is 9.64 Å². The Hall–Kier alpha value is -2.37. The highest BCUT2D eigenvalue weighted by Gasteiger charge is 2.30. The molecule has 1 saturated heterocycles. The molecular formula is C24H28N2O2S. The monoisotopic (exact) mass is 408 g/mol. The van der Waals surface area contributed by atoms with Crippen LogP contribution in [0.1, 0.15) is 33.1 Å². The number of hydrogen-bond acceptors (Lipinski definition) is 4. The second-order valence-corrected chi connectivity index (χ2v) is 8.99. The molecule has 3 aromatic rings. The predicted molar refractivity (Wildman–Crippen MR) is 120 cm³/mol. The van der Waals surface area contributed by atoms with Crippen LogP contribution in [0, 0.1) is 6.92 Å². The number of fused-ring (bicyclic) bond motifs is 1. The van der Waals surface area contributed by atoms with Gasteiger partial charge in [0.2, 0.25) is 0 Å². The average molecular weight is 409 g/mol. The summed E-state index contributed by atoms with van der Waals surface area (Å²) in [5, 5.41) is 1.24. The van der Waals surface area contributed by atoms with Gasteiger partial charge in [-0.1, -0.05) is 36.4 Å². The molecule has 1 aliphatic rings. The maximum Gasteiger partial charge on any atom is 0.263 e. The number of benzene rings is 2. The third-order valence-corrected chi connectivity index (χ3v) is 6.85. The van der Waals surface area contributed by atoms with Gasteiger partial charge in [-0.2, -0.15) is 0 Å². The van der Waals surface area contributed by atoms with Crippen molar-refractivity contribution in [1.29, 1.82) is 0 Å². The summed E-state index contributed by atoms with van der Waals surface area (Å²) in [6.07, 6.45) is 1.08. The molecule has 0 unspecified atom stereocenters. The molecule has 4 rings (SSSR count). The van der Waals surface area contributed by atoms with Crippen molar-refractivity contribution in [3.05, 3.63) is 64.5 Å². The first-order chi connectivity index (χ1) is 14.0. The zero-order chi connectivity index (χ0) is 20.4. The molecule has 0 saturated carbocycles. The van der Waals surface area contributed by atoms with Crippen LogP contribution in [0.5, 0.6) is 5.75 Å². The third-order valence-electron chi connectivity index (χ3n) is 5.67. The summed E-state index contributed by atoms with van der Waals surface area (Å²) in [5.41, 5.74) is 2.41. The summed E-state index contributed by atoms with van der Waals surface area (Å²) in [4.78, 5) is 17.9. The lowest BCUT2D eigenvalue weighted by Crippen LogP contribution is -2.26. The topological polar surface area (TPSA) is 32.8 Å². The number of amides is 1. The summed E-state index contributed by atoms with van der Waals surface area (Å²) in [6.45, 7) is 5.69. The van der Waals surface area contributed by atoms with E-state index in [0.29, 0.717) is 12.5 Å². The maximum atomic E-state index is 12.8. The fraction of sp³-hybridized carbons (Fsp3) is 0.375. The first kappa shape index (κ1) is 19.9. The Morgan fingerprint density at radius 3 is 2.72 bits per heavy atom. The number of rotatable bonds is 6. The molecule has 29 heavy (non-hydrogen) atoms. The van der Waals surface area contributed by atoms with E-state index in [1.54, 1.807) is 16.2 Å². The van der Waals surface area contributed by atoms with E-state index in [2.05, 4.69) is 42.2 Å². The Labute approximate surface area is 176 Å². The van der Waals surface area contributed by atoms with E-state index >= 15 is 0 Å². The number of para-hydroxylation sites is 1. The molecule has 1 fully saturated rings. The number of likely N-dealkylation sites (tertiary alicyclic amines) is 1. The van der Waals surface area contributed by atoms with Crippen molar-refractivity contribution in [2.45, 2.75) is 19.3 Å². The van der Waals surface area contributed by atoms with Gasteiger partial charge in [0, 0.05) is 37.8 Å². The summed E-state index contributed by atoms with van der Waals surface area (Å²) in [7, 11) is 3.67. The zero-order valence-corrected chi connectivity index (χ0v) is 18.2. The highest BCUT2D eigenvalue weighted by molar-refractivity contribution is 7.21. The number of carbonyl (C=O) groups excluding carboxylic acids is 1. The molecule has 0 spiro atoms. The molecule has 5 heteroatoms. The van der Waals surface area contributed by atoms with Gasteiger partial charge in [-0.05, 0) is 48.5 Å². The van der Waals surface area contributed by atoms with Crippen LogP contribution in [0.2, 0.25) is 0 Å². The van der Waals surface area contributed by atoms with Crippen molar-refractivity contribution >= 4 is 27.3 Å². The Balaban J connectivity index is 1.47. The Bertz CT molecular complexity index is 1010. The van der Waals surface area contributed by atoms with Gasteiger partial charge in [0.05, 0.1) is 4.88 Å². The van der Waals surface area contributed by atoms with Gasteiger partial charge in [0.1, 0.15) is 12.4 Å². The quantitative estimate of drug-likeness (QED) is 0.588. The van der Waals surface area contributed by atoms with E-state index in [1.807, 2.05) is 32.3 Å². The predicted octanol–water partition coefficient (Wildman–Crippen LogP) is 4.78. The van der Waals surface area contributed by atoms with E-state index in [9.17, 15) is 4.79 Å². The van der Waals surface area contributed by atoms with Crippen LogP contribution in [-0.2, 0) is 0 Å². The number of ether oxygens (including phenoxy) is 1. The average Bonchev–Trinajstić information content (AvgIpc) is 3.33. The Morgan fingerprint density at radius 1 is 1.17 bits per heavy atom. The van der Waals surface area contributed by atoms with Gasteiger partial charge in [-0.3, -0.25) is 9.69 Å². The molecule has 2 heterocycles. The van der Waals surface area contributed by atoms with Gasteiger partial charge in [-0.25, -0.2) is 0 Å². The van der Waals surface area contributed by atoms with Crippen molar-refractivity contribution in [2.24, 2.45) is 0 Å². The lowest BCUT2D eigenvalue weighted by molar-refractivity contribution is 0.0831. The molecule has 152 valence electrons. The minimum Gasteiger partial charge on any atom is -0.492 e. The molecular weight excluding hydrogens is 380 g/mol. The van der Waals surface area contributed by atoms with Crippen LogP contribution >= 0.6 is 11.3 Å². The van der Waals surface area contributed by atoms with Crippen LogP contribution < -0.4 is 4.74 Å². The molecule has 1 aliphatic heterocycles. The van der Waals surface area contributed by atoms with E-state index in [4.69, 9.17) is 4.74 Å². The van der Waals surface area contributed by atoms with Gasteiger partial charge in [0.15, 0.2) is 0 Å². The van der Waals surface area contributed by atoms with Gasteiger partial charge >= 0.3 is 0 Å². The maximum absolute atomic E-state index is 12.8. The lowest BCUT2D eigenvalue weighted by atomic mass is 9.95. The number of carbonyl (C=O) groups is 1. The van der Waals surface area contributed by atoms with E-state index in [0.717, 1.165) is 36.7 Å². The highest BCUT2D eigenvalue weighted by atomic mass is 32.1. The summed E-state index contributed by atoms with van der Waals surface area (Å²) in [5.74, 6) is 1.47. The van der Waals surface area contributed by atoms with Crippen LogP contribution in [0.25, 0.3) is 10.1 Å². The fourth-order valence-electron chi connectivity index (χ4n) is 4.11. The van der Waals surface area contributed by atoms with Gasteiger partial charge in [0.25, 0.3) is 5.91 Å². The second-order valence-electron chi connectivity index (χ2n) is 7.94. The Kier molecular flexibility index (Phi) is 5.88. The van der Waals surface area contributed by atoms with Crippen molar-refractivity contribution < 1.29 is 9.53 Å². The SMILES string of the molecule is Cc1ccccc1OCCN1CC[C@H](c2c(C(=O)N(C)C)sc3ccccc23)C1. The van der Waals surface area contributed by atoms with Crippen molar-refractivity contribution in [3.63, 3.8) is 0 Å². The molecule has 0 N–H and O–H groups in total. The third kappa shape index (κ3) is 4.16.